The van der Waals surface area contributed by atoms with Gasteiger partial charge in [0.05, 0.1) is 5.69 Å². The van der Waals surface area contributed by atoms with E-state index in [1.54, 1.807) is 0 Å². The predicted octanol–water partition coefficient (Wildman–Crippen LogP) is 1.69. The van der Waals surface area contributed by atoms with E-state index in [1.807, 2.05) is 11.7 Å². The molecule has 0 bridgehead atoms. The lowest BCUT2D eigenvalue weighted by molar-refractivity contribution is 0.133. The molecule has 2 N–H and O–H groups in total. The Morgan fingerprint density at radius 1 is 1.44 bits per heavy atom. The van der Waals surface area contributed by atoms with Crippen LogP contribution in [0.4, 0.5) is 0 Å². The third-order valence-electron chi connectivity index (χ3n) is 3.95. The van der Waals surface area contributed by atoms with E-state index in [-0.39, 0.29) is 0 Å². The summed E-state index contributed by atoms with van der Waals surface area (Å²) in [5.74, 6) is 0. The molecule has 4 nitrogen and oxygen atoms in total. The molecule has 1 aromatic heterocycles. The van der Waals surface area contributed by atoms with Crippen LogP contribution in [-0.2, 0) is 20.0 Å². The largest absolute Gasteiger partial charge is 0.330 e. The predicted molar refractivity (Wildman–Crippen MR) is 74.3 cm³/mol. The molecule has 1 aliphatic rings. The van der Waals surface area contributed by atoms with Crippen molar-refractivity contribution in [1.82, 2.24) is 14.7 Å². The molecule has 2 rings (SSSR count). The summed E-state index contributed by atoms with van der Waals surface area (Å²) in [5.41, 5.74) is 8.37. The first-order valence-corrected chi connectivity index (χ1v) is 7.20. The van der Waals surface area contributed by atoms with E-state index in [1.165, 1.54) is 37.1 Å². The van der Waals surface area contributed by atoms with Crippen molar-refractivity contribution in [3.05, 3.63) is 17.5 Å². The molecule has 1 fully saturated rings. The Kier molecular flexibility index (Phi) is 4.78. The van der Waals surface area contributed by atoms with Crippen molar-refractivity contribution in [2.75, 3.05) is 13.1 Å². The van der Waals surface area contributed by atoms with Gasteiger partial charge >= 0.3 is 0 Å². The molecule has 1 saturated heterocycles. The molecule has 0 saturated carbocycles. The number of rotatable bonds is 5. The van der Waals surface area contributed by atoms with Crippen LogP contribution in [0.15, 0.2) is 6.20 Å². The molecule has 1 aromatic rings. The number of likely N-dealkylation sites (tertiary alicyclic amines) is 1. The molecule has 1 unspecified atom stereocenters. The molecular formula is C14H26N4. The van der Waals surface area contributed by atoms with Crippen LogP contribution in [0.5, 0.6) is 0 Å². The zero-order valence-corrected chi connectivity index (χ0v) is 11.7. The molecule has 0 spiro atoms. The fourth-order valence-corrected chi connectivity index (χ4v) is 3.02. The zero-order chi connectivity index (χ0) is 13.0. The van der Waals surface area contributed by atoms with Gasteiger partial charge in [0.2, 0.25) is 0 Å². The number of aromatic nitrogens is 2. The quantitative estimate of drug-likeness (QED) is 0.865. The average molecular weight is 250 g/mol. The minimum absolute atomic E-state index is 0.675. The summed E-state index contributed by atoms with van der Waals surface area (Å²) in [5, 5.41) is 4.53. The van der Waals surface area contributed by atoms with Gasteiger partial charge in [-0.2, -0.15) is 5.10 Å². The van der Waals surface area contributed by atoms with Crippen molar-refractivity contribution >= 4 is 0 Å². The van der Waals surface area contributed by atoms with Gasteiger partial charge in [0, 0.05) is 31.4 Å². The first kappa shape index (κ1) is 13.6. The summed E-state index contributed by atoms with van der Waals surface area (Å²) in [4.78, 5) is 2.60. The first-order valence-electron chi connectivity index (χ1n) is 7.20. The molecule has 2 heterocycles. The fourth-order valence-electron chi connectivity index (χ4n) is 3.02. The number of nitrogens with zero attached hydrogens (tertiary/aromatic N) is 3. The molecule has 102 valence electrons. The molecule has 0 radical (unpaired) electrons. The van der Waals surface area contributed by atoms with Crippen LogP contribution >= 0.6 is 0 Å². The van der Waals surface area contributed by atoms with Gasteiger partial charge in [0.25, 0.3) is 0 Å². The van der Waals surface area contributed by atoms with Crippen molar-refractivity contribution in [3.8, 4) is 0 Å². The normalized spacial score (nSPS) is 21.4. The van der Waals surface area contributed by atoms with Crippen molar-refractivity contribution in [2.45, 2.75) is 51.6 Å². The van der Waals surface area contributed by atoms with Crippen LogP contribution in [0.1, 0.15) is 43.9 Å². The Labute approximate surface area is 110 Å². The smallest absolute Gasteiger partial charge is 0.0666 e. The molecule has 18 heavy (non-hydrogen) atoms. The Hall–Kier alpha value is -0.870. The summed E-state index contributed by atoms with van der Waals surface area (Å²) in [6.45, 7) is 5.23. The molecule has 0 amide bonds. The van der Waals surface area contributed by atoms with Crippen LogP contribution in [0.3, 0.4) is 0 Å². The lowest BCUT2D eigenvalue weighted by atomic mass is 9.98. The summed E-state index contributed by atoms with van der Waals surface area (Å²) in [6, 6.07) is 0.675. The Morgan fingerprint density at radius 2 is 2.28 bits per heavy atom. The van der Waals surface area contributed by atoms with Crippen LogP contribution in [0, 0.1) is 0 Å². The highest BCUT2D eigenvalue weighted by atomic mass is 15.3. The van der Waals surface area contributed by atoms with Crippen LogP contribution in [-0.4, -0.2) is 33.8 Å². The minimum Gasteiger partial charge on any atom is -0.330 e. The van der Waals surface area contributed by atoms with Gasteiger partial charge in [0.15, 0.2) is 0 Å². The van der Waals surface area contributed by atoms with Crippen molar-refractivity contribution in [3.63, 3.8) is 0 Å². The van der Waals surface area contributed by atoms with Crippen LogP contribution in [0.25, 0.3) is 0 Å². The second kappa shape index (κ2) is 6.34. The van der Waals surface area contributed by atoms with Gasteiger partial charge in [0.1, 0.15) is 0 Å². The summed E-state index contributed by atoms with van der Waals surface area (Å²) < 4.78 is 1.94. The highest BCUT2D eigenvalue weighted by Gasteiger charge is 2.22. The van der Waals surface area contributed by atoms with Gasteiger partial charge in [-0.1, -0.05) is 13.3 Å². The first-order chi connectivity index (χ1) is 8.74. The molecule has 0 aliphatic carbocycles. The minimum atomic E-state index is 0.675. The van der Waals surface area contributed by atoms with Crippen LogP contribution < -0.4 is 5.73 Å². The molecule has 4 heteroatoms. The van der Waals surface area contributed by atoms with E-state index >= 15 is 0 Å². The highest BCUT2D eigenvalue weighted by Crippen LogP contribution is 2.22. The van der Waals surface area contributed by atoms with Gasteiger partial charge in [-0.25, -0.2) is 0 Å². The van der Waals surface area contributed by atoms with Gasteiger partial charge in [-0.15, -0.1) is 0 Å². The Balaban J connectivity index is 2.05. The summed E-state index contributed by atoms with van der Waals surface area (Å²) >= 11 is 0. The maximum Gasteiger partial charge on any atom is 0.0666 e. The van der Waals surface area contributed by atoms with Gasteiger partial charge in [-0.05, 0) is 38.8 Å². The number of hydrogen-bond acceptors (Lipinski definition) is 3. The third-order valence-corrected chi connectivity index (χ3v) is 3.95. The van der Waals surface area contributed by atoms with Crippen molar-refractivity contribution in [1.29, 1.82) is 0 Å². The van der Waals surface area contributed by atoms with Gasteiger partial charge < -0.3 is 5.73 Å². The van der Waals surface area contributed by atoms with E-state index < -0.39 is 0 Å². The summed E-state index contributed by atoms with van der Waals surface area (Å²) in [6.07, 6.45) is 8.30. The second-order valence-electron chi connectivity index (χ2n) is 5.33. The van der Waals surface area contributed by atoms with E-state index in [4.69, 9.17) is 5.73 Å². The van der Waals surface area contributed by atoms with E-state index in [0.717, 1.165) is 25.9 Å². The molecule has 1 aliphatic heterocycles. The monoisotopic (exact) mass is 250 g/mol. The van der Waals surface area contributed by atoms with E-state index in [2.05, 4.69) is 23.1 Å². The summed E-state index contributed by atoms with van der Waals surface area (Å²) in [7, 11) is 2.01. The number of piperidine rings is 1. The molecular weight excluding hydrogens is 224 g/mol. The molecule has 1 atom stereocenters. The Bertz CT molecular complexity index is 370. The van der Waals surface area contributed by atoms with Crippen molar-refractivity contribution in [2.24, 2.45) is 12.8 Å². The maximum absolute atomic E-state index is 5.73. The number of aryl methyl sites for hydroxylation is 2. The Morgan fingerprint density at radius 3 is 3.00 bits per heavy atom. The highest BCUT2D eigenvalue weighted by molar-refractivity contribution is 5.17. The van der Waals surface area contributed by atoms with Crippen LogP contribution in [0.2, 0.25) is 0 Å². The number of nitrogens with two attached hydrogens (primary N) is 1. The topological polar surface area (TPSA) is 47.1 Å². The second-order valence-corrected chi connectivity index (χ2v) is 5.33. The van der Waals surface area contributed by atoms with Crippen molar-refractivity contribution < 1.29 is 0 Å². The lowest BCUT2D eigenvalue weighted by Crippen LogP contribution is -2.40. The third kappa shape index (κ3) is 3.12. The SMILES string of the molecule is CCc1nn(C)cc1CN1CCCCC1CCN. The standard InChI is InChI=1S/C14H26N4/c1-3-14-12(10-17(2)16-14)11-18-9-5-4-6-13(18)7-8-15/h10,13H,3-9,11,15H2,1-2H3. The van der Waals surface area contributed by atoms with E-state index in [9.17, 15) is 0 Å². The maximum atomic E-state index is 5.73. The fraction of sp³-hybridized carbons (Fsp3) is 0.786. The lowest BCUT2D eigenvalue weighted by Gasteiger charge is -2.35. The van der Waals surface area contributed by atoms with E-state index in [0.29, 0.717) is 6.04 Å². The average Bonchev–Trinajstić information content (AvgIpc) is 2.72. The zero-order valence-electron chi connectivity index (χ0n) is 11.7. The molecule has 0 aromatic carbocycles. The number of hydrogen-bond donors (Lipinski definition) is 1. The van der Waals surface area contributed by atoms with Gasteiger partial charge in [-0.3, -0.25) is 9.58 Å².